The highest BCUT2D eigenvalue weighted by molar-refractivity contribution is 5.58. The molecule has 0 aromatic heterocycles. The minimum absolute atomic E-state index is 0.290. The van der Waals surface area contributed by atoms with Crippen molar-refractivity contribution in [1.29, 1.82) is 0 Å². The van der Waals surface area contributed by atoms with E-state index in [-0.39, 0.29) is 5.82 Å². The summed E-state index contributed by atoms with van der Waals surface area (Å²) in [4.78, 5) is 1.98. The van der Waals surface area contributed by atoms with Gasteiger partial charge in [-0.05, 0) is 41.8 Å². The topological polar surface area (TPSA) is 29.3 Å². The number of rotatable bonds is 3. The van der Waals surface area contributed by atoms with E-state index in [1.165, 1.54) is 18.2 Å². The van der Waals surface area contributed by atoms with E-state index in [0.717, 1.165) is 36.3 Å². The van der Waals surface area contributed by atoms with E-state index in [2.05, 4.69) is 0 Å². The van der Waals surface area contributed by atoms with Crippen LogP contribution >= 0.6 is 0 Å². The average Bonchev–Trinajstić information content (AvgIpc) is 2.84. The SMILES string of the molecule is NC(CN1CCc2ccc(F)cc21)c1ccc(F)c(F)c1. The van der Waals surface area contributed by atoms with Crippen molar-refractivity contribution in [3.05, 3.63) is 65.0 Å². The third-order valence-electron chi connectivity index (χ3n) is 3.83. The predicted molar refractivity (Wildman–Crippen MR) is 75.6 cm³/mol. The highest BCUT2D eigenvalue weighted by atomic mass is 19.2. The summed E-state index contributed by atoms with van der Waals surface area (Å²) in [5.41, 5.74) is 8.50. The van der Waals surface area contributed by atoms with Gasteiger partial charge in [-0.2, -0.15) is 0 Å². The van der Waals surface area contributed by atoms with Gasteiger partial charge in [0.15, 0.2) is 11.6 Å². The van der Waals surface area contributed by atoms with Gasteiger partial charge in [0.25, 0.3) is 0 Å². The highest BCUT2D eigenvalue weighted by Crippen LogP contribution is 2.30. The molecule has 0 bridgehead atoms. The van der Waals surface area contributed by atoms with Crippen LogP contribution in [-0.4, -0.2) is 13.1 Å². The Balaban J connectivity index is 1.79. The van der Waals surface area contributed by atoms with Crippen LogP contribution in [0.3, 0.4) is 0 Å². The molecule has 0 saturated carbocycles. The van der Waals surface area contributed by atoms with E-state index in [9.17, 15) is 13.2 Å². The van der Waals surface area contributed by atoms with Gasteiger partial charge in [0, 0.05) is 24.8 Å². The number of nitrogens with two attached hydrogens (primary N) is 1. The zero-order valence-electron chi connectivity index (χ0n) is 11.3. The monoisotopic (exact) mass is 292 g/mol. The Morgan fingerprint density at radius 1 is 1.05 bits per heavy atom. The molecule has 5 heteroatoms. The third-order valence-corrected chi connectivity index (χ3v) is 3.83. The molecule has 0 amide bonds. The summed E-state index contributed by atoms with van der Waals surface area (Å²) in [5.74, 6) is -2.09. The van der Waals surface area contributed by atoms with Gasteiger partial charge in [-0.25, -0.2) is 13.2 Å². The molecule has 0 spiro atoms. The Morgan fingerprint density at radius 3 is 2.62 bits per heavy atom. The number of nitrogens with zero attached hydrogens (tertiary/aromatic N) is 1. The first-order valence-electron chi connectivity index (χ1n) is 6.78. The van der Waals surface area contributed by atoms with Gasteiger partial charge in [0.05, 0.1) is 0 Å². The summed E-state index contributed by atoms with van der Waals surface area (Å²) in [7, 11) is 0. The van der Waals surface area contributed by atoms with Crippen molar-refractivity contribution in [2.24, 2.45) is 5.73 Å². The number of benzene rings is 2. The second kappa shape index (κ2) is 5.41. The molecule has 0 saturated heterocycles. The van der Waals surface area contributed by atoms with Crippen molar-refractivity contribution < 1.29 is 13.2 Å². The first-order chi connectivity index (χ1) is 10.0. The fraction of sp³-hybridized carbons (Fsp3) is 0.250. The molecule has 0 radical (unpaired) electrons. The lowest BCUT2D eigenvalue weighted by molar-refractivity contribution is 0.505. The van der Waals surface area contributed by atoms with Gasteiger partial charge in [-0.15, -0.1) is 0 Å². The van der Waals surface area contributed by atoms with Crippen molar-refractivity contribution in [2.75, 3.05) is 18.0 Å². The Morgan fingerprint density at radius 2 is 1.86 bits per heavy atom. The third kappa shape index (κ3) is 2.74. The zero-order valence-corrected chi connectivity index (χ0v) is 11.3. The average molecular weight is 292 g/mol. The van der Waals surface area contributed by atoms with Crippen LogP contribution in [0.5, 0.6) is 0 Å². The summed E-state index contributed by atoms with van der Waals surface area (Å²) in [6.07, 6.45) is 0.833. The summed E-state index contributed by atoms with van der Waals surface area (Å²) < 4.78 is 39.5. The van der Waals surface area contributed by atoms with Crippen LogP contribution in [0.2, 0.25) is 0 Å². The molecule has 1 unspecified atom stereocenters. The van der Waals surface area contributed by atoms with E-state index in [1.807, 2.05) is 4.90 Å². The van der Waals surface area contributed by atoms with E-state index in [0.29, 0.717) is 12.1 Å². The number of hydrogen-bond donors (Lipinski definition) is 1. The lowest BCUT2D eigenvalue weighted by Gasteiger charge is -2.24. The van der Waals surface area contributed by atoms with Crippen molar-refractivity contribution in [3.8, 4) is 0 Å². The standard InChI is InChI=1S/C16H15F3N2/c17-12-3-1-10-5-6-21(16(10)8-12)9-15(20)11-2-4-13(18)14(19)7-11/h1-4,7-8,15H,5-6,9,20H2. The van der Waals surface area contributed by atoms with Gasteiger partial charge in [-0.3, -0.25) is 0 Å². The lowest BCUT2D eigenvalue weighted by Crippen LogP contribution is -2.31. The molecule has 1 aliphatic heterocycles. The van der Waals surface area contributed by atoms with Crippen LogP contribution in [0.25, 0.3) is 0 Å². The number of hydrogen-bond acceptors (Lipinski definition) is 2. The summed E-state index contributed by atoms with van der Waals surface area (Å²) in [6.45, 7) is 1.18. The summed E-state index contributed by atoms with van der Waals surface area (Å²) >= 11 is 0. The van der Waals surface area contributed by atoms with Crippen LogP contribution in [0, 0.1) is 17.5 Å². The summed E-state index contributed by atoms with van der Waals surface area (Å²) in [5, 5.41) is 0. The Hall–Kier alpha value is -2.01. The number of fused-ring (bicyclic) bond motifs is 1. The molecule has 0 aliphatic carbocycles. The lowest BCUT2D eigenvalue weighted by atomic mass is 10.1. The first-order valence-corrected chi connectivity index (χ1v) is 6.78. The van der Waals surface area contributed by atoms with E-state index >= 15 is 0 Å². The van der Waals surface area contributed by atoms with Crippen molar-refractivity contribution in [2.45, 2.75) is 12.5 Å². The fourth-order valence-electron chi connectivity index (χ4n) is 2.69. The molecule has 110 valence electrons. The molecule has 1 aliphatic rings. The molecule has 2 aromatic rings. The number of halogens is 3. The second-order valence-electron chi connectivity index (χ2n) is 5.25. The Bertz CT molecular complexity index is 673. The molecule has 1 heterocycles. The van der Waals surface area contributed by atoms with Crippen LogP contribution in [0.4, 0.5) is 18.9 Å². The Kier molecular flexibility index (Phi) is 3.59. The maximum atomic E-state index is 13.3. The number of anilines is 1. The van der Waals surface area contributed by atoms with Crippen molar-refractivity contribution in [3.63, 3.8) is 0 Å². The second-order valence-corrected chi connectivity index (χ2v) is 5.25. The van der Waals surface area contributed by atoms with E-state index in [1.54, 1.807) is 6.07 Å². The molecule has 2 N–H and O–H groups in total. The first kappa shape index (κ1) is 13.9. The van der Waals surface area contributed by atoms with Gasteiger partial charge in [-0.1, -0.05) is 12.1 Å². The van der Waals surface area contributed by atoms with Gasteiger partial charge >= 0.3 is 0 Å². The quantitative estimate of drug-likeness (QED) is 0.941. The van der Waals surface area contributed by atoms with Crippen LogP contribution in [0.15, 0.2) is 36.4 Å². The van der Waals surface area contributed by atoms with Gasteiger partial charge in [0.1, 0.15) is 5.82 Å². The normalized spacial score (nSPS) is 15.1. The van der Waals surface area contributed by atoms with Crippen molar-refractivity contribution in [1.82, 2.24) is 0 Å². The molecule has 3 rings (SSSR count). The van der Waals surface area contributed by atoms with Crippen molar-refractivity contribution >= 4 is 5.69 Å². The maximum Gasteiger partial charge on any atom is 0.159 e. The predicted octanol–water partition coefficient (Wildman–Crippen LogP) is 3.17. The van der Waals surface area contributed by atoms with E-state index < -0.39 is 17.7 Å². The summed E-state index contributed by atoms with van der Waals surface area (Å²) in [6, 6.07) is 7.90. The molecular formula is C16H15F3N2. The molecule has 2 aromatic carbocycles. The molecule has 21 heavy (non-hydrogen) atoms. The maximum absolute atomic E-state index is 13.3. The fourth-order valence-corrected chi connectivity index (χ4v) is 2.69. The smallest absolute Gasteiger partial charge is 0.159 e. The van der Waals surface area contributed by atoms with Crippen LogP contribution < -0.4 is 10.6 Å². The van der Waals surface area contributed by atoms with Crippen LogP contribution in [-0.2, 0) is 6.42 Å². The minimum atomic E-state index is -0.907. The largest absolute Gasteiger partial charge is 0.369 e. The molecule has 2 nitrogen and oxygen atoms in total. The molecule has 1 atom stereocenters. The van der Waals surface area contributed by atoms with Gasteiger partial charge in [0.2, 0.25) is 0 Å². The minimum Gasteiger partial charge on any atom is -0.369 e. The van der Waals surface area contributed by atoms with Gasteiger partial charge < -0.3 is 10.6 Å². The molecule has 0 fully saturated rings. The Labute approximate surface area is 121 Å². The highest BCUT2D eigenvalue weighted by Gasteiger charge is 2.22. The zero-order chi connectivity index (χ0) is 15.0. The van der Waals surface area contributed by atoms with E-state index in [4.69, 9.17) is 5.73 Å². The van der Waals surface area contributed by atoms with Crippen LogP contribution in [0.1, 0.15) is 17.2 Å². The molecular weight excluding hydrogens is 277 g/mol.